The molecule has 1 aliphatic rings. The predicted octanol–water partition coefficient (Wildman–Crippen LogP) is 4.32. The Bertz CT molecular complexity index is 441. The van der Waals surface area contributed by atoms with Gasteiger partial charge >= 0.3 is 6.18 Å². The lowest BCUT2D eigenvalue weighted by molar-refractivity contribution is -0.137. The largest absolute Gasteiger partial charge is 0.416 e. The number of hydrogen-bond donors (Lipinski definition) is 1. The lowest BCUT2D eigenvalue weighted by Crippen LogP contribution is -2.18. The fourth-order valence-corrected chi connectivity index (χ4v) is 2.83. The average Bonchev–Trinajstić information content (AvgIpc) is 2.96. The van der Waals surface area contributed by atoms with Crippen LogP contribution in [0.15, 0.2) is 24.3 Å². The van der Waals surface area contributed by atoms with Gasteiger partial charge in [0, 0.05) is 12.6 Å². The van der Waals surface area contributed by atoms with Crippen LogP contribution in [0.5, 0.6) is 0 Å². The van der Waals surface area contributed by atoms with Gasteiger partial charge in [0.1, 0.15) is 0 Å². The zero-order valence-electron chi connectivity index (χ0n) is 12.2. The number of alkyl halides is 3. The second-order valence-corrected chi connectivity index (χ2v) is 5.53. The number of hydrogen-bond acceptors (Lipinski definition) is 2. The van der Waals surface area contributed by atoms with Crippen LogP contribution >= 0.6 is 0 Å². The first-order valence-corrected chi connectivity index (χ1v) is 7.46. The highest BCUT2D eigenvalue weighted by atomic mass is 19.4. The summed E-state index contributed by atoms with van der Waals surface area (Å²) in [6.45, 7) is 0.841. The van der Waals surface area contributed by atoms with E-state index in [1.54, 1.807) is 13.1 Å². The summed E-state index contributed by atoms with van der Waals surface area (Å²) >= 11 is 0. The van der Waals surface area contributed by atoms with Gasteiger partial charge in [0.2, 0.25) is 0 Å². The molecule has 0 bridgehead atoms. The molecule has 0 aliphatic carbocycles. The van der Waals surface area contributed by atoms with Crippen molar-refractivity contribution in [1.29, 1.82) is 0 Å². The molecule has 5 heteroatoms. The molecule has 118 valence electrons. The molecule has 0 amide bonds. The van der Waals surface area contributed by atoms with Crippen LogP contribution < -0.4 is 5.32 Å². The third-order valence-corrected chi connectivity index (χ3v) is 4.01. The summed E-state index contributed by atoms with van der Waals surface area (Å²) in [4.78, 5) is 0. The molecule has 1 saturated heterocycles. The molecular formula is C16H22F3NO. The minimum atomic E-state index is -4.29. The van der Waals surface area contributed by atoms with Gasteiger partial charge in [-0.15, -0.1) is 0 Å². The fourth-order valence-electron chi connectivity index (χ4n) is 2.83. The molecule has 1 heterocycles. The van der Waals surface area contributed by atoms with Gasteiger partial charge in [-0.05, 0) is 56.8 Å². The normalized spacial score (nSPS) is 20.7. The molecule has 1 aromatic carbocycles. The van der Waals surface area contributed by atoms with E-state index in [4.69, 9.17) is 4.74 Å². The van der Waals surface area contributed by atoms with E-state index in [9.17, 15) is 13.2 Å². The molecule has 1 fully saturated rings. The van der Waals surface area contributed by atoms with Gasteiger partial charge in [0.25, 0.3) is 0 Å². The molecule has 0 radical (unpaired) electrons. The molecule has 2 unspecified atom stereocenters. The molecular weight excluding hydrogens is 279 g/mol. The van der Waals surface area contributed by atoms with Crippen LogP contribution in [0.25, 0.3) is 0 Å². The molecule has 2 nitrogen and oxygen atoms in total. The van der Waals surface area contributed by atoms with Crippen molar-refractivity contribution in [3.05, 3.63) is 35.4 Å². The Morgan fingerprint density at radius 1 is 1.38 bits per heavy atom. The van der Waals surface area contributed by atoms with E-state index in [2.05, 4.69) is 5.32 Å². The van der Waals surface area contributed by atoms with Gasteiger partial charge in [0.15, 0.2) is 0 Å². The summed E-state index contributed by atoms with van der Waals surface area (Å²) in [7, 11) is 1.79. The van der Waals surface area contributed by atoms with Crippen molar-refractivity contribution in [2.75, 3.05) is 13.7 Å². The molecule has 21 heavy (non-hydrogen) atoms. The predicted molar refractivity (Wildman–Crippen MR) is 76.1 cm³/mol. The van der Waals surface area contributed by atoms with Gasteiger partial charge in [0.05, 0.1) is 11.7 Å². The van der Waals surface area contributed by atoms with Crippen LogP contribution in [-0.4, -0.2) is 19.8 Å². The lowest BCUT2D eigenvalue weighted by Gasteiger charge is -2.19. The Labute approximate surface area is 123 Å². The first-order chi connectivity index (χ1) is 10.0. The van der Waals surface area contributed by atoms with Gasteiger partial charge in [-0.3, -0.25) is 0 Å². The number of ether oxygens (including phenoxy) is 1. The minimum Gasteiger partial charge on any atom is -0.378 e. The van der Waals surface area contributed by atoms with Crippen LogP contribution in [0, 0.1) is 0 Å². The topological polar surface area (TPSA) is 21.3 Å². The van der Waals surface area contributed by atoms with Gasteiger partial charge < -0.3 is 10.1 Å². The Morgan fingerprint density at radius 3 is 2.81 bits per heavy atom. The van der Waals surface area contributed by atoms with Crippen molar-refractivity contribution in [3.63, 3.8) is 0 Å². The minimum absolute atomic E-state index is 0.0475. The summed E-state index contributed by atoms with van der Waals surface area (Å²) in [6, 6.07) is 5.54. The van der Waals surface area contributed by atoms with Crippen LogP contribution in [0.4, 0.5) is 13.2 Å². The van der Waals surface area contributed by atoms with E-state index in [1.165, 1.54) is 12.1 Å². The number of benzene rings is 1. The first kappa shape index (κ1) is 16.3. The Hall–Kier alpha value is -1.07. The fraction of sp³-hybridized carbons (Fsp3) is 0.625. The molecule has 2 rings (SSSR count). The van der Waals surface area contributed by atoms with E-state index in [1.807, 2.05) is 0 Å². The summed E-state index contributed by atoms with van der Waals surface area (Å²) in [5.41, 5.74) is 0.110. The van der Waals surface area contributed by atoms with E-state index >= 15 is 0 Å². The third-order valence-electron chi connectivity index (χ3n) is 4.01. The summed E-state index contributed by atoms with van der Waals surface area (Å²) < 4.78 is 43.8. The summed E-state index contributed by atoms with van der Waals surface area (Å²) in [6.07, 6.45) is 1.03. The summed E-state index contributed by atoms with van der Waals surface area (Å²) in [5, 5.41) is 3.11. The molecule has 0 spiro atoms. The van der Waals surface area contributed by atoms with E-state index in [0.29, 0.717) is 11.7 Å². The number of halogens is 3. The maximum absolute atomic E-state index is 12.8. The van der Waals surface area contributed by atoms with Crippen molar-refractivity contribution in [2.45, 2.75) is 50.4 Å². The molecule has 0 aromatic heterocycles. The molecule has 0 saturated carbocycles. The number of rotatable bonds is 6. The standard InChI is InChI=1S/C16H22F3NO/c1-20-15(9-3-7-14-8-4-10-21-14)12-5-2-6-13(11-12)16(17,18)19/h2,5-6,11,14-15,20H,3-4,7-10H2,1H3. The molecule has 2 atom stereocenters. The Morgan fingerprint density at radius 2 is 2.19 bits per heavy atom. The molecule has 1 N–H and O–H groups in total. The second kappa shape index (κ2) is 7.27. The van der Waals surface area contributed by atoms with Gasteiger partial charge in [-0.25, -0.2) is 0 Å². The quantitative estimate of drug-likeness (QED) is 0.845. The average molecular weight is 301 g/mol. The van der Waals surface area contributed by atoms with Crippen molar-refractivity contribution in [3.8, 4) is 0 Å². The van der Waals surface area contributed by atoms with Crippen molar-refractivity contribution in [2.24, 2.45) is 0 Å². The lowest BCUT2D eigenvalue weighted by atomic mass is 9.98. The second-order valence-electron chi connectivity index (χ2n) is 5.53. The molecule has 1 aromatic rings. The Kier molecular flexibility index (Phi) is 5.65. The first-order valence-electron chi connectivity index (χ1n) is 7.46. The van der Waals surface area contributed by atoms with Gasteiger partial charge in [-0.2, -0.15) is 13.2 Å². The smallest absolute Gasteiger partial charge is 0.378 e. The highest BCUT2D eigenvalue weighted by Gasteiger charge is 2.30. The SMILES string of the molecule is CNC(CCCC1CCCO1)c1cccc(C(F)(F)F)c1. The van der Waals surface area contributed by atoms with Crippen molar-refractivity contribution in [1.82, 2.24) is 5.32 Å². The Balaban J connectivity index is 1.93. The highest BCUT2D eigenvalue weighted by Crippen LogP contribution is 2.31. The van der Waals surface area contributed by atoms with Crippen LogP contribution in [0.2, 0.25) is 0 Å². The number of nitrogens with one attached hydrogen (secondary N) is 1. The zero-order chi connectivity index (χ0) is 15.3. The molecule has 1 aliphatic heterocycles. The van der Waals surface area contributed by atoms with Gasteiger partial charge in [-0.1, -0.05) is 12.1 Å². The van der Waals surface area contributed by atoms with Crippen LogP contribution in [-0.2, 0) is 10.9 Å². The van der Waals surface area contributed by atoms with Crippen molar-refractivity contribution >= 4 is 0 Å². The summed E-state index contributed by atoms with van der Waals surface area (Å²) in [5.74, 6) is 0. The van der Waals surface area contributed by atoms with E-state index in [-0.39, 0.29) is 6.04 Å². The highest BCUT2D eigenvalue weighted by molar-refractivity contribution is 5.28. The van der Waals surface area contributed by atoms with Crippen LogP contribution in [0.1, 0.15) is 49.3 Å². The van der Waals surface area contributed by atoms with Crippen molar-refractivity contribution < 1.29 is 17.9 Å². The monoisotopic (exact) mass is 301 g/mol. The zero-order valence-corrected chi connectivity index (χ0v) is 12.2. The van der Waals surface area contributed by atoms with Crippen LogP contribution in [0.3, 0.4) is 0 Å². The van der Waals surface area contributed by atoms with E-state index in [0.717, 1.165) is 44.8 Å². The van der Waals surface area contributed by atoms with E-state index < -0.39 is 11.7 Å². The third kappa shape index (κ3) is 4.71. The maximum Gasteiger partial charge on any atom is 0.416 e. The maximum atomic E-state index is 12.8.